The molecule has 1 atom stereocenters. The molecule has 1 saturated heterocycles. The normalized spacial score (nSPS) is 17.1. The van der Waals surface area contributed by atoms with Gasteiger partial charge in [-0.05, 0) is 24.3 Å². The Bertz CT molecular complexity index is 710. The van der Waals surface area contributed by atoms with E-state index in [0.29, 0.717) is 36.1 Å². The number of oxazole rings is 1. The van der Waals surface area contributed by atoms with Crippen LogP contribution in [0.5, 0.6) is 0 Å². The number of hydrogen-bond donors (Lipinski definition) is 0. The van der Waals surface area contributed by atoms with E-state index in [0.717, 1.165) is 5.56 Å². The highest BCUT2D eigenvalue weighted by molar-refractivity contribution is 6.30. The van der Waals surface area contributed by atoms with Gasteiger partial charge in [0, 0.05) is 23.4 Å². The first-order valence-electron chi connectivity index (χ1n) is 7.18. The Kier molecular flexibility index (Phi) is 4.62. The molecule has 0 aliphatic carbocycles. The van der Waals surface area contributed by atoms with Gasteiger partial charge >= 0.3 is 11.9 Å². The Balaban J connectivity index is 1.53. The van der Waals surface area contributed by atoms with Crippen LogP contribution in [0.1, 0.15) is 18.7 Å². The van der Waals surface area contributed by atoms with Crippen LogP contribution in [0.3, 0.4) is 0 Å². The van der Waals surface area contributed by atoms with Gasteiger partial charge in [0.15, 0.2) is 11.7 Å². The maximum absolute atomic E-state index is 11.7. The van der Waals surface area contributed by atoms with Crippen molar-refractivity contribution in [3.63, 3.8) is 0 Å². The lowest BCUT2D eigenvalue weighted by molar-refractivity contribution is -0.160. The second-order valence-electron chi connectivity index (χ2n) is 5.06. The Morgan fingerprint density at radius 2 is 2.13 bits per heavy atom. The first-order valence-corrected chi connectivity index (χ1v) is 7.56. The summed E-state index contributed by atoms with van der Waals surface area (Å²) in [4.78, 5) is 27.1. The molecular weight excluding hydrogens is 322 g/mol. The number of ether oxygens (including phenoxy) is 2. The van der Waals surface area contributed by atoms with Crippen molar-refractivity contribution in [3.05, 3.63) is 41.4 Å². The lowest BCUT2D eigenvalue weighted by atomic mass is 10.2. The van der Waals surface area contributed by atoms with E-state index in [1.807, 2.05) is 12.1 Å². The number of cyclic esters (lactones) is 1. The van der Waals surface area contributed by atoms with Crippen molar-refractivity contribution < 1.29 is 23.5 Å². The Morgan fingerprint density at radius 3 is 2.83 bits per heavy atom. The van der Waals surface area contributed by atoms with E-state index < -0.39 is 18.0 Å². The van der Waals surface area contributed by atoms with Crippen LogP contribution >= 0.6 is 11.6 Å². The molecule has 1 aliphatic rings. The molecule has 3 rings (SSSR count). The number of aryl methyl sites for hydroxylation is 1. The summed E-state index contributed by atoms with van der Waals surface area (Å²) in [5.41, 5.74) is 0.851. The Hall–Kier alpha value is -2.34. The molecule has 1 aliphatic heterocycles. The van der Waals surface area contributed by atoms with Crippen LogP contribution in [0.2, 0.25) is 5.02 Å². The summed E-state index contributed by atoms with van der Waals surface area (Å²) in [6.45, 7) is 0.293. The predicted molar refractivity (Wildman–Crippen MR) is 80.7 cm³/mol. The molecular formula is C16H14ClNO5. The molecule has 1 aromatic heterocycles. The molecule has 120 valence electrons. The van der Waals surface area contributed by atoms with Crippen molar-refractivity contribution >= 4 is 23.5 Å². The van der Waals surface area contributed by atoms with Crippen LogP contribution in [0.25, 0.3) is 11.3 Å². The highest BCUT2D eigenvalue weighted by Crippen LogP contribution is 2.22. The van der Waals surface area contributed by atoms with Gasteiger partial charge in [-0.15, -0.1) is 0 Å². The zero-order chi connectivity index (χ0) is 16.2. The number of esters is 2. The van der Waals surface area contributed by atoms with Crippen molar-refractivity contribution in [2.75, 3.05) is 6.61 Å². The standard InChI is InChI=1S/C16H14ClNO5/c17-11-3-1-10(2-4-11)13-9-18-14(22-13)5-6-15(19)23-12-7-8-21-16(12)20/h1-4,9,12H,5-8H2/t12-/m0/s1. The Morgan fingerprint density at radius 1 is 1.35 bits per heavy atom. The molecule has 0 radical (unpaired) electrons. The third kappa shape index (κ3) is 3.90. The predicted octanol–water partition coefficient (Wildman–Crippen LogP) is 2.79. The summed E-state index contributed by atoms with van der Waals surface area (Å²) in [5, 5.41) is 0.640. The molecule has 23 heavy (non-hydrogen) atoms. The van der Waals surface area contributed by atoms with Gasteiger partial charge in [0.2, 0.25) is 6.10 Å². The topological polar surface area (TPSA) is 78.6 Å². The fraction of sp³-hybridized carbons (Fsp3) is 0.312. The molecule has 7 heteroatoms. The quantitative estimate of drug-likeness (QED) is 0.782. The maximum atomic E-state index is 11.7. The van der Waals surface area contributed by atoms with Crippen LogP contribution in [-0.2, 0) is 25.5 Å². The van der Waals surface area contributed by atoms with Gasteiger partial charge in [0.05, 0.1) is 19.2 Å². The fourth-order valence-corrected chi connectivity index (χ4v) is 2.31. The molecule has 0 spiro atoms. The minimum atomic E-state index is -0.781. The third-order valence-corrected chi connectivity index (χ3v) is 3.64. The minimum Gasteiger partial charge on any atom is -0.463 e. The number of rotatable bonds is 5. The summed E-state index contributed by atoms with van der Waals surface area (Å²) in [5.74, 6) is 0.0740. The van der Waals surface area contributed by atoms with Gasteiger partial charge in [-0.2, -0.15) is 0 Å². The lowest BCUT2D eigenvalue weighted by Gasteiger charge is -2.07. The second-order valence-corrected chi connectivity index (χ2v) is 5.50. The smallest absolute Gasteiger partial charge is 0.347 e. The first kappa shape index (κ1) is 15.6. The summed E-state index contributed by atoms with van der Waals surface area (Å²) in [7, 11) is 0. The van der Waals surface area contributed by atoms with Crippen LogP contribution in [0.4, 0.5) is 0 Å². The average molecular weight is 336 g/mol. The molecule has 2 heterocycles. The maximum Gasteiger partial charge on any atom is 0.347 e. The van der Waals surface area contributed by atoms with Gasteiger partial charge in [0.25, 0.3) is 0 Å². The number of nitrogens with zero attached hydrogens (tertiary/aromatic N) is 1. The van der Waals surface area contributed by atoms with Crippen LogP contribution in [0, 0.1) is 0 Å². The molecule has 0 unspecified atom stereocenters. The number of hydrogen-bond acceptors (Lipinski definition) is 6. The first-order chi connectivity index (χ1) is 11.1. The summed E-state index contributed by atoms with van der Waals surface area (Å²) in [6.07, 6.45) is 1.61. The van der Waals surface area contributed by atoms with Crippen molar-refractivity contribution in [1.82, 2.24) is 4.98 Å². The van der Waals surface area contributed by atoms with E-state index in [9.17, 15) is 9.59 Å². The average Bonchev–Trinajstić information content (AvgIpc) is 3.16. The van der Waals surface area contributed by atoms with Gasteiger partial charge in [-0.1, -0.05) is 11.6 Å². The molecule has 0 amide bonds. The zero-order valence-corrected chi connectivity index (χ0v) is 12.9. The molecule has 0 bridgehead atoms. The van der Waals surface area contributed by atoms with E-state index in [2.05, 4.69) is 4.98 Å². The Labute approximate surface area is 137 Å². The van der Waals surface area contributed by atoms with Crippen LogP contribution < -0.4 is 0 Å². The van der Waals surface area contributed by atoms with E-state index in [1.165, 1.54) is 0 Å². The van der Waals surface area contributed by atoms with Crippen molar-refractivity contribution in [3.8, 4) is 11.3 Å². The molecule has 2 aromatic rings. The van der Waals surface area contributed by atoms with Gasteiger partial charge in [-0.25, -0.2) is 9.78 Å². The molecule has 0 N–H and O–H groups in total. The second kappa shape index (κ2) is 6.83. The number of carbonyl (C=O) groups is 2. The summed E-state index contributed by atoms with van der Waals surface area (Å²) < 4.78 is 15.4. The van der Waals surface area contributed by atoms with E-state index in [1.54, 1.807) is 18.3 Å². The van der Waals surface area contributed by atoms with Crippen molar-refractivity contribution in [2.45, 2.75) is 25.4 Å². The number of halogens is 1. The SMILES string of the molecule is O=C(CCc1ncc(-c2ccc(Cl)cc2)o1)O[C@H]1CCOC1=O. The fourth-order valence-electron chi connectivity index (χ4n) is 2.18. The van der Waals surface area contributed by atoms with Crippen molar-refractivity contribution in [2.24, 2.45) is 0 Å². The van der Waals surface area contributed by atoms with E-state index >= 15 is 0 Å². The van der Waals surface area contributed by atoms with E-state index in [4.69, 9.17) is 25.5 Å². The third-order valence-electron chi connectivity index (χ3n) is 3.39. The lowest BCUT2D eigenvalue weighted by Crippen LogP contribution is -2.22. The number of carbonyl (C=O) groups excluding carboxylic acids is 2. The van der Waals surface area contributed by atoms with Crippen molar-refractivity contribution in [1.29, 1.82) is 0 Å². The highest BCUT2D eigenvalue weighted by Gasteiger charge is 2.30. The monoisotopic (exact) mass is 335 g/mol. The zero-order valence-electron chi connectivity index (χ0n) is 12.2. The van der Waals surface area contributed by atoms with Crippen LogP contribution in [-0.4, -0.2) is 29.6 Å². The van der Waals surface area contributed by atoms with Gasteiger partial charge < -0.3 is 13.9 Å². The summed E-state index contributed by atoms with van der Waals surface area (Å²) in [6, 6.07) is 7.17. The number of aromatic nitrogens is 1. The van der Waals surface area contributed by atoms with E-state index in [-0.39, 0.29) is 6.42 Å². The molecule has 1 aromatic carbocycles. The van der Waals surface area contributed by atoms with Gasteiger partial charge in [0.1, 0.15) is 0 Å². The molecule has 6 nitrogen and oxygen atoms in total. The van der Waals surface area contributed by atoms with Crippen LogP contribution in [0.15, 0.2) is 34.9 Å². The summed E-state index contributed by atoms with van der Waals surface area (Å²) >= 11 is 5.84. The van der Waals surface area contributed by atoms with Gasteiger partial charge in [-0.3, -0.25) is 4.79 Å². The molecule has 1 fully saturated rings. The number of benzene rings is 1. The largest absolute Gasteiger partial charge is 0.463 e. The molecule has 0 saturated carbocycles. The minimum absolute atomic E-state index is 0.0876. The highest BCUT2D eigenvalue weighted by atomic mass is 35.5.